The summed E-state index contributed by atoms with van der Waals surface area (Å²) in [6.45, 7) is 0. The van der Waals surface area contributed by atoms with Crippen LogP contribution in [0.4, 0.5) is 0 Å². The molecule has 0 amide bonds. The van der Waals surface area contributed by atoms with Crippen LogP contribution in [0.2, 0.25) is 0 Å². The number of carbonyl (C=O) groups excluding carboxylic acids is 2. The summed E-state index contributed by atoms with van der Waals surface area (Å²) in [4.78, 5) is 23.1. The second-order valence-corrected chi connectivity index (χ2v) is 4.74. The first-order valence-corrected chi connectivity index (χ1v) is 5.60. The number of carbonyl (C=O) groups is 2. The van der Waals surface area contributed by atoms with Crippen LogP contribution in [0.3, 0.4) is 0 Å². The third kappa shape index (κ3) is 1.37. The summed E-state index contributed by atoms with van der Waals surface area (Å²) in [6, 6.07) is 0. The van der Waals surface area contributed by atoms with Gasteiger partial charge >= 0.3 is 0 Å². The van der Waals surface area contributed by atoms with Gasteiger partial charge in [0.05, 0.1) is 11.0 Å². The second-order valence-electron chi connectivity index (χ2n) is 3.99. The van der Waals surface area contributed by atoms with Gasteiger partial charge in [-0.05, 0) is 12.8 Å². The fraction of sp³-hybridized carbons (Fsp3) is 0.600. The molecular weight excluding hydrogens is 239 g/mol. The Labute approximate surface area is 97.0 Å². The zero-order valence-electron chi connectivity index (χ0n) is 7.93. The molecule has 0 aromatic heterocycles. The van der Waals surface area contributed by atoms with Crippen molar-refractivity contribution in [1.29, 1.82) is 0 Å². The fourth-order valence-corrected chi connectivity index (χ4v) is 2.80. The third-order valence-corrected chi connectivity index (χ3v) is 4.07. The number of hydrogen-bond acceptors (Lipinski definition) is 3. The van der Waals surface area contributed by atoms with Crippen molar-refractivity contribution >= 4 is 34.8 Å². The van der Waals surface area contributed by atoms with Crippen molar-refractivity contribution in [3.05, 3.63) is 10.1 Å². The Hall–Kier alpha value is -0.380. The van der Waals surface area contributed by atoms with Crippen LogP contribution in [0.15, 0.2) is 10.1 Å². The Morgan fingerprint density at radius 3 is 2.47 bits per heavy atom. The molecule has 0 aromatic rings. The minimum absolute atomic E-state index is 0.0746. The predicted molar refractivity (Wildman–Crippen MR) is 55.7 cm³/mol. The molecule has 0 aliphatic heterocycles. The largest absolute Gasteiger partial charge is 0.375 e. The Morgan fingerprint density at radius 1 is 1.27 bits per heavy atom. The number of halogens is 2. The van der Waals surface area contributed by atoms with E-state index in [9.17, 15) is 14.7 Å². The number of rotatable bonds is 1. The van der Waals surface area contributed by atoms with E-state index in [0.29, 0.717) is 12.8 Å². The molecule has 0 aromatic carbocycles. The van der Waals surface area contributed by atoms with Gasteiger partial charge in [0.25, 0.3) is 0 Å². The number of Topliss-reactive ketones (excluding diaryl/α,β-unsaturated/α-hetero) is 2. The molecule has 2 aliphatic rings. The van der Waals surface area contributed by atoms with Crippen molar-refractivity contribution in [3.8, 4) is 0 Å². The Morgan fingerprint density at radius 2 is 1.93 bits per heavy atom. The molecule has 2 atom stereocenters. The van der Waals surface area contributed by atoms with E-state index in [0.717, 1.165) is 12.8 Å². The van der Waals surface area contributed by atoms with E-state index in [1.54, 1.807) is 0 Å². The molecule has 2 unspecified atom stereocenters. The van der Waals surface area contributed by atoms with E-state index < -0.39 is 17.3 Å². The molecule has 0 spiro atoms. The van der Waals surface area contributed by atoms with Crippen LogP contribution in [0.1, 0.15) is 25.7 Å². The second kappa shape index (κ2) is 3.58. The maximum absolute atomic E-state index is 11.6. The summed E-state index contributed by atoms with van der Waals surface area (Å²) < 4.78 is 0. The van der Waals surface area contributed by atoms with Crippen LogP contribution < -0.4 is 0 Å². The summed E-state index contributed by atoms with van der Waals surface area (Å²) in [7, 11) is 0. The Bertz CT molecular complexity index is 375. The Balaban J connectivity index is 2.32. The highest BCUT2D eigenvalue weighted by Gasteiger charge is 2.58. The van der Waals surface area contributed by atoms with Gasteiger partial charge in [-0.1, -0.05) is 29.6 Å². The zero-order valence-corrected chi connectivity index (χ0v) is 9.44. The first kappa shape index (κ1) is 11.1. The first-order valence-electron chi connectivity index (χ1n) is 4.85. The van der Waals surface area contributed by atoms with Gasteiger partial charge in [-0.2, -0.15) is 0 Å². The maximum Gasteiger partial charge on any atom is 0.213 e. The van der Waals surface area contributed by atoms with Gasteiger partial charge in [0.1, 0.15) is 10.8 Å². The molecule has 15 heavy (non-hydrogen) atoms. The average molecular weight is 249 g/mol. The van der Waals surface area contributed by atoms with Gasteiger partial charge in [-0.15, -0.1) is 0 Å². The van der Waals surface area contributed by atoms with Gasteiger partial charge < -0.3 is 5.11 Å². The van der Waals surface area contributed by atoms with Crippen LogP contribution in [-0.2, 0) is 9.59 Å². The van der Waals surface area contributed by atoms with Gasteiger partial charge in [-0.3, -0.25) is 9.59 Å². The van der Waals surface area contributed by atoms with E-state index in [-0.39, 0.29) is 15.8 Å². The van der Waals surface area contributed by atoms with Gasteiger partial charge in [0, 0.05) is 6.42 Å². The van der Waals surface area contributed by atoms with Crippen molar-refractivity contribution in [1.82, 2.24) is 0 Å². The summed E-state index contributed by atoms with van der Waals surface area (Å²) in [6.07, 6.45) is 2.55. The predicted octanol–water partition coefficient (Wildman–Crippen LogP) is 1.75. The summed E-state index contributed by atoms with van der Waals surface area (Å²) >= 11 is 11.3. The Kier molecular flexibility index (Phi) is 2.65. The molecule has 5 heteroatoms. The summed E-state index contributed by atoms with van der Waals surface area (Å²) in [5.74, 6) is -1.41. The van der Waals surface area contributed by atoms with Crippen molar-refractivity contribution in [2.24, 2.45) is 5.92 Å². The van der Waals surface area contributed by atoms with E-state index in [1.807, 2.05) is 0 Å². The third-order valence-electron chi connectivity index (χ3n) is 3.13. The monoisotopic (exact) mass is 248 g/mol. The molecule has 1 N–H and O–H groups in total. The molecule has 2 aliphatic carbocycles. The molecule has 0 bridgehead atoms. The molecule has 0 radical (unpaired) electrons. The standard InChI is InChI=1S/C10H10Cl2O3/c11-7-8(12)10(15,9(7)14)5-3-1-2-4-6(5)13/h5,15H,1-4H2. The lowest BCUT2D eigenvalue weighted by molar-refractivity contribution is -0.147. The molecule has 3 nitrogen and oxygen atoms in total. The fourth-order valence-electron chi connectivity index (χ4n) is 2.21. The lowest BCUT2D eigenvalue weighted by Gasteiger charge is -2.41. The van der Waals surface area contributed by atoms with Gasteiger partial charge in [0.15, 0.2) is 5.60 Å². The van der Waals surface area contributed by atoms with E-state index in [2.05, 4.69) is 0 Å². The zero-order chi connectivity index (χ0) is 11.2. The number of hydrogen-bond donors (Lipinski definition) is 1. The summed E-state index contributed by atoms with van der Waals surface area (Å²) in [5.41, 5.74) is -1.82. The van der Waals surface area contributed by atoms with Gasteiger partial charge in [0.2, 0.25) is 5.78 Å². The quantitative estimate of drug-likeness (QED) is 0.770. The van der Waals surface area contributed by atoms with Gasteiger partial charge in [-0.25, -0.2) is 0 Å². The number of ketones is 2. The molecule has 82 valence electrons. The first-order chi connectivity index (χ1) is 6.99. The molecule has 1 saturated carbocycles. The molecular formula is C10H10Cl2O3. The topological polar surface area (TPSA) is 54.4 Å². The highest BCUT2D eigenvalue weighted by molar-refractivity contribution is 6.56. The van der Waals surface area contributed by atoms with Crippen molar-refractivity contribution in [2.75, 3.05) is 0 Å². The summed E-state index contributed by atoms with van der Waals surface area (Å²) in [5, 5.41) is 9.85. The van der Waals surface area contributed by atoms with E-state index >= 15 is 0 Å². The minimum atomic E-state index is -1.82. The van der Waals surface area contributed by atoms with Crippen molar-refractivity contribution in [2.45, 2.75) is 31.3 Å². The average Bonchev–Trinajstić information content (AvgIpc) is 2.26. The molecule has 2 rings (SSSR count). The lowest BCUT2D eigenvalue weighted by atomic mass is 9.69. The van der Waals surface area contributed by atoms with Crippen LogP contribution in [0.25, 0.3) is 0 Å². The smallest absolute Gasteiger partial charge is 0.213 e. The van der Waals surface area contributed by atoms with E-state index in [1.165, 1.54) is 0 Å². The van der Waals surface area contributed by atoms with Crippen LogP contribution in [0, 0.1) is 5.92 Å². The SMILES string of the molecule is O=C1CCCCC1C1(O)C(=O)C(Cl)=C1Cl. The van der Waals surface area contributed by atoms with Crippen LogP contribution in [-0.4, -0.2) is 22.3 Å². The molecule has 0 heterocycles. The highest BCUT2D eigenvalue weighted by Crippen LogP contribution is 2.48. The van der Waals surface area contributed by atoms with E-state index in [4.69, 9.17) is 23.2 Å². The van der Waals surface area contributed by atoms with Crippen molar-refractivity contribution in [3.63, 3.8) is 0 Å². The normalized spacial score (nSPS) is 36.9. The number of aliphatic hydroxyl groups is 1. The highest BCUT2D eigenvalue weighted by atomic mass is 35.5. The maximum atomic E-state index is 11.6. The molecule has 1 fully saturated rings. The van der Waals surface area contributed by atoms with Crippen LogP contribution >= 0.6 is 23.2 Å². The van der Waals surface area contributed by atoms with Crippen molar-refractivity contribution < 1.29 is 14.7 Å². The minimum Gasteiger partial charge on any atom is -0.375 e. The van der Waals surface area contributed by atoms with Crippen LogP contribution in [0.5, 0.6) is 0 Å². The molecule has 0 saturated heterocycles. The lowest BCUT2D eigenvalue weighted by Crippen LogP contribution is -2.56.